The Hall–Kier alpha value is -0.140. The van der Waals surface area contributed by atoms with E-state index in [0.29, 0.717) is 6.54 Å². The summed E-state index contributed by atoms with van der Waals surface area (Å²) in [5, 5.41) is 3.32. The van der Waals surface area contributed by atoms with Crippen molar-refractivity contribution in [1.82, 2.24) is 19.8 Å². The average Bonchev–Trinajstić information content (AvgIpc) is 2.95. The first-order valence-corrected chi connectivity index (χ1v) is 12.2. The van der Waals surface area contributed by atoms with Crippen LogP contribution in [0.5, 0.6) is 0 Å². The van der Waals surface area contributed by atoms with E-state index in [2.05, 4.69) is 30.9 Å². The molecule has 1 saturated heterocycles. The minimum Gasteiger partial charge on any atom is -0.357 e. The maximum Gasteiger partial charge on any atom is 0.209 e. The van der Waals surface area contributed by atoms with E-state index in [1.54, 1.807) is 11.3 Å². The molecule has 11 heteroatoms. The van der Waals surface area contributed by atoms with E-state index in [0.717, 1.165) is 49.6 Å². The molecule has 0 atom stereocenters. The molecule has 1 aromatic heterocycles. The molecule has 28 heavy (non-hydrogen) atoms. The lowest BCUT2D eigenvalue weighted by molar-refractivity contribution is 0.173. The topological polar surface area (TPSA) is 77.0 Å². The summed E-state index contributed by atoms with van der Waals surface area (Å²) in [7, 11) is -3.27. The Kier molecular flexibility index (Phi) is 10.5. The molecule has 0 unspecified atom stereocenters. The second-order valence-electron chi connectivity index (χ2n) is 7.40. The molecule has 0 bridgehead atoms. The van der Waals surface area contributed by atoms with E-state index in [-0.39, 0.29) is 24.0 Å². The van der Waals surface area contributed by atoms with Gasteiger partial charge >= 0.3 is 0 Å². The Morgan fingerprint density at radius 2 is 1.93 bits per heavy atom. The van der Waals surface area contributed by atoms with Gasteiger partial charge in [0.2, 0.25) is 10.0 Å². The summed E-state index contributed by atoms with van der Waals surface area (Å²) in [6, 6.07) is 4.03. The molecular formula is C17H31ClIN5O2S2. The van der Waals surface area contributed by atoms with Crippen molar-refractivity contribution in [3.8, 4) is 0 Å². The van der Waals surface area contributed by atoms with Crippen molar-refractivity contribution in [2.75, 3.05) is 45.5 Å². The normalized spacial score (nSPS) is 16.8. The molecule has 0 aromatic carbocycles. The summed E-state index contributed by atoms with van der Waals surface area (Å²) >= 11 is 7.64. The number of nitrogens with zero attached hydrogens (tertiary/aromatic N) is 3. The summed E-state index contributed by atoms with van der Waals surface area (Å²) in [6.07, 6.45) is 1.17. The summed E-state index contributed by atoms with van der Waals surface area (Å²) < 4.78 is 26.5. The van der Waals surface area contributed by atoms with E-state index in [1.807, 2.05) is 26.8 Å². The van der Waals surface area contributed by atoms with E-state index < -0.39 is 15.6 Å². The molecule has 1 aliphatic rings. The van der Waals surface area contributed by atoms with Gasteiger partial charge in [-0.15, -0.1) is 35.3 Å². The molecule has 2 heterocycles. The number of hydrogen-bond donors (Lipinski definition) is 2. The zero-order valence-electron chi connectivity index (χ0n) is 16.9. The van der Waals surface area contributed by atoms with Crippen LogP contribution in [0.3, 0.4) is 0 Å². The van der Waals surface area contributed by atoms with Crippen molar-refractivity contribution in [2.24, 2.45) is 4.99 Å². The van der Waals surface area contributed by atoms with Gasteiger partial charge < -0.3 is 10.2 Å². The van der Waals surface area contributed by atoms with Gasteiger partial charge in [-0.1, -0.05) is 11.6 Å². The number of halogens is 2. The molecule has 2 N–H and O–H groups in total. The molecular weight excluding hydrogens is 533 g/mol. The molecule has 7 nitrogen and oxygen atoms in total. The van der Waals surface area contributed by atoms with Gasteiger partial charge in [0.15, 0.2) is 5.96 Å². The minimum atomic E-state index is -3.27. The third kappa shape index (κ3) is 9.12. The lowest BCUT2D eigenvalue weighted by Gasteiger charge is -2.36. The van der Waals surface area contributed by atoms with Crippen LogP contribution >= 0.6 is 46.9 Å². The third-order valence-corrected chi connectivity index (χ3v) is 6.24. The number of hydrogen-bond acceptors (Lipinski definition) is 5. The van der Waals surface area contributed by atoms with E-state index in [4.69, 9.17) is 11.6 Å². The molecule has 0 amide bonds. The van der Waals surface area contributed by atoms with Crippen molar-refractivity contribution in [3.05, 3.63) is 21.3 Å². The highest BCUT2D eigenvalue weighted by Crippen LogP contribution is 2.23. The third-order valence-electron chi connectivity index (χ3n) is 4.10. The van der Waals surface area contributed by atoms with Gasteiger partial charge in [0, 0.05) is 49.7 Å². The van der Waals surface area contributed by atoms with Gasteiger partial charge in [-0.2, -0.15) is 0 Å². The Balaban J connectivity index is 0.00000392. The summed E-state index contributed by atoms with van der Waals surface area (Å²) in [5.41, 5.74) is -0.630. The molecule has 1 aliphatic heterocycles. The van der Waals surface area contributed by atoms with Crippen LogP contribution in [0.15, 0.2) is 17.1 Å². The summed E-state index contributed by atoms with van der Waals surface area (Å²) in [6.45, 7) is 11.4. The van der Waals surface area contributed by atoms with Crippen molar-refractivity contribution in [1.29, 1.82) is 0 Å². The Morgan fingerprint density at radius 3 is 2.43 bits per heavy atom. The lowest BCUT2D eigenvalue weighted by Crippen LogP contribution is -2.53. The van der Waals surface area contributed by atoms with Crippen LogP contribution in [0.25, 0.3) is 0 Å². The van der Waals surface area contributed by atoms with E-state index >= 15 is 0 Å². The fraction of sp³-hybridized carbons (Fsp3) is 0.706. The maximum absolute atomic E-state index is 11.5. The smallest absolute Gasteiger partial charge is 0.209 e. The van der Waals surface area contributed by atoms with Crippen LogP contribution in [0.1, 0.15) is 25.6 Å². The average molecular weight is 564 g/mol. The number of rotatable bonds is 7. The number of guanidine groups is 1. The molecule has 0 radical (unpaired) electrons. The molecule has 0 saturated carbocycles. The Bertz CT molecular complexity index is 746. The molecule has 0 aliphatic carbocycles. The Morgan fingerprint density at radius 1 is 1.29 bits per heavy atom. The summed E-state index contributed by atoms with van der Waals surface area (Å²) in [4.78, 5) is 10.6. The van der Waals surface area contributed by atoms with Crippen LogP contribution in [0.4, 0.5) is 0 Å². The number of aliphatic imine (C=N–C) groups is 1. The number of piperazine rings is 1. The second-order valence-corrected chi connectivity index (χ2v) is 10.9. The SMILES string of the molecule is CCNC(=NCC(C)(C)NS(C)(=O)=O)N1CCN(Cc2ccc(Cl)s2)CC1.I. The van der Waals surface area contributed by atoms with E-state index in [9.17, 15) is 8.42 Å². The van der Waals surface area contributed by atoms with Crippen molar-refractivity contribution in [2.45, 2.75) is 32.9 Å². The van der Waals surface area contributed by atoms with Crippen molar-refractivity contribution >= 4 is 62.9 Å². The van der Waals surface area contributed by atoms with Gasteiger partial charge in [-0.05, 0) is 32.9 Å². The fourth-order valence-electron chi connectivity index (χ4n) is 3.01. The maximum atomic E-state index is 11.5. The summed E-state index contributed by atoms with van der Waals surface area (Å²) in [5.74, 6) is 0.833. The molecule has 162 valence electrons. The van der Waals surface area contributed by atoms with Gasteiger partial charge in [-0.3, -0.25) is 9.89 Å². The van der Waals surface area contributed by atoms with Crippen LogP contribution in [-0.2, 0) is 16.6 Å². The predicted molar refractivity (Wildman–Crippen MR) is 130 cm³/mol. The molecule has 1 aromatic rings. The minimum absolute atomic E-state index is 0. The van der Waals surface area contributed by atoms with Gasteiger partial charge in [0.1, 0.15) is 0 Å². The van der Waals surface area contributed by atoms with Crippen LogP contribution < -0.4 is 10.0 Å². The first-order valence-electron chi connectivity index (χ1n) is 9.07. The van der Waals surface area contributed by atoms with Gasteiger partial charge in [0.05, 0.1) is 17.1 Å². The standard InChI is InChI=1S/C17H30ClN5O2S2.HI/c1-5-19-16(20-13-17(2,3)21-27(4,24)25)23-10-8-22(9-11-23)12-14-6-7-15(18)26-14;/h6-7,21H,5,8-13H2,1-4H3,(H,19,20);1H. The first-order chi connectivity index (χ1) is 12.6. The highest BCUT2D eigenvalue weighted by Gasteiger charge is 2.24. The predicted octanol–water partition coefficient (Wildman–Crippen LogP) is 2.43. The highest BCUT2D eigenvalue weighted by molar-refractivity contribution is 14.0. The molecule has 1 fully saturated rings. The van der Waals surface area contributed by atoms with E-state index in [1.165, 1.54) is 11.1 Å². The quantitative estimate of drug-likeness (QED) is 0.303. The van der Waals surface area contributed by atoms with Crippen LogP contribution in [0.2, 0.25) is 4.34 Å². The number of sulfonamides is 1. The number of nitrogens with one attached hydrogen (secondary N) is 2. The molecule has 0 spiro atoms. The highest BCUT2D eigenvalue weighted by atomic mass is 127. The lowest BCUT2D eigenvalue weighted by atomic mass is 10.1. The van der Waals surface area contributed by atoms with Gasteiger partial charge in [0.25, 0.3) is 0 Å². The largest absolute Gasteiger partial charge is 0.357 e. The Labute approximate surface area is 195 Å². The van der Waals surface area contributed by atoms with Crippen LogP contribution in [0, 0.1) is 0 Å². The fourth-order valence-corrected chi connectivity index (χ4v) is 5.21. The van der Waals surface area contributed by atoms with Crippen molar-refractivity contribution < 1.29 is 8.42 Å². The second kappa shape index (κ2) is 11.3. The monoisotopic (exact) mass is 563 g/mol. The van der Waals surface area contributed by atoms with Crippen LogP contribution in [-0.4, -0.2) is 75.2 Å². The zero-order chi connectivity index (χ0) is 20.1. The molecule has 2 rings (SSSR count). The van der Waals surface area contributed by atoms with Gasteiger partial charge in [-0.25, -0.2) is 13.1 Å². The first kappa shape index (κ1) is 25.9. The zero-order valence-corrected chi connectivity index (χ0v) is 21.6. The number of thiophene rings is 1. The van der Waals surface area contributed by atoms with Crippen molar-refractivity contribution in [3.63, 3.8) is 0 Å².